The molecule has 3 rings (SSSR count). The van der Waals surface area contributed by atoms with Gasteiger partial charge in [-0.05, 0) is 43.8 Å². The van der Waals surface area contributed by atoms with Crippen LogP contribution in [0.5, 0.6) is 11.6 Å². The second-order valence-electron chi connectivity index (χ2n) is 5.40. The Hall–Kier alpha value is -2.66. The molecule has 0 saturated carbocycles. The largest absolute Gasteiger partial charge is 0.468 e. The van der Waals surface area contributed by atoms with Gasteiger partial charge in [-0.25, -0.2) is 4.98 Å². The summed E-state index contributed by atoms with van der Waals surface area (Å²) in [6.45, 7) is 2.96. The van der Waals surface area contributed by atoms with E-state index in [4.69, 9.17) is 9.15 Å². The van der Waals surface area contributed by atoms with Gasteiger partial charge in [0.05, 0.1) is 18.5 Å². The molecule has 118 valence electrons. The SMILES string of the molecule is C[C@@H](c1ccco1)N(C)Cc1ccc(Oc2cnccn2)cc1. The van der Waals surface area contributed by atoms with E-state index in [2.05, 4.69) is 41.0 Å². The van der Waals surface area contributed by atoms with E-state index in [1.54, 1.807) is 24.9 Å². The fourth-order valence-electron chi connectivity index (χ4n) is 2.29. The number of ether oxygens (including phenoxy) is 1. The molecule has 1 aromatic carbocycles. The van der Waals surface area contributed by atoms with E-state index >= 15 is 0 Å². The Morgan fingerprint density at radius 2 is 2.00 bits per heavy atom. The first kappa shape index (κ1) is 15.2. The molecule has 2 heterocycles. The lowest BCUT2D eigenvalue weighted by Crippen LogP contribution is -2.21. The maximum absolute atomic E-state index is 5.64. The van der Waals surface area contributed by atoms with Crippen LogP contribution in [0, 0.1) is 0 Å². The van der Waals surface area contributed by atoms with Crippen molar-refractivity contribution in [2.75, 3.05) is 7.05 Å². The molecule has 0 radical (unpaired) electrons. The Bertz CT molecular complexity index is 712. The second kappa shape index (κ2) is 7.07. The predicted molar refractivity (Wildman–Crippen MR) is 87.1 cm³/mol. The minimum Gasteiger partial charge on any atom is -0.468 e. The van der Waals surface area contributed by atoms with E-state index in [-0.39, 0.29) is 6.04 Å². The van der Waals surface area contributed by atoms with Crippen molar-refractivity contribution in [3.63, 3.8) is 0 Å². The highest BCUT2D eigenvalue weighted by Gasteiger charge is 2.14. The van der Waals surface area contributed by atoms with Crippen LogP contribution in [0.2, 0.25) is 0 Å². The highest BCUT2D eigenvalue weighted by atomic mass is 16.5. The molecule has 23 heavy (non-hydrogen) atoms. The average molecular weight is 309 g/mol. The van der Waals surface area contributed by atoms with Gasteiger partial charge in [0.1, 0.15) is 11.5 Å². The summed E-state index contributed by atoms with van der Waals surface area (Å²) in [4.78, 5) is 10.3. The van der Waals surface area contributed by atoms with Gasteiger partial charge in [0.15, 0.2) is 0 Å². The van der Waals surface area contributed by atoms with Crippen LogP contribution in [0.25, 0.3) is 0 Å². The average Bonchev–Trinajstić information content (AvgIpc) is 3.11. The third-order valence-electron chi connectivity index (χ3n) is 3.73. The topological polar surface area (TPSA) is 51.4 Å². The number of aromatic nitrogens is 2. The molecule has 5 heteroatoms. The fourth-order valence-corrected chi connectivity index (χ4v) is 2.29. The summed E-state index contributed by atoms with van der Waals surface area (Å²) in [6.07, 6.45) is 6.52. The van der Waals surface area contributed by atoms with Crippen molar-refractivity contribution >= 4 is 0 Å². The lowest BCUT2D eigenvalue weighted by atomic mass is 10.1. The molecule has 0 aliphatic rings. The first-order valence-electron chi connectivity index (χ1n) is 7.49. The van der Waals surface area contributed by atoms with Crippen molar-refractivity contribution in [2.45, 2.75) is 19.5 Å². The van der Waals surface area contributed by atoms with Gasteiger partial charge in [-0.3, -0.25) is 9.88 Å². The molecule has 5 nitrogen and oxygen atoms in total. The molecular weight excluding hydrogens is 290 g/mol. The lowest BCUT2D eigenvalue weighted by molar-refractivity contribution is 0.223. The van der Waals surface area contributed by atoms with Crippen LogP contribution < -0.4 is 4.74 Å². The molecule has 0 N–H and O–H groups in total. The maximum atomic E-state index is 5.64. The van der Waals surface area contributed by atoms with Crippen LogP contribution >= 0.6 is 0 Å². The monoisotopic (exact) mass is 309 g/mol. The van der Waals surface area contributed by atoms with Crippen molar-refractivity contribution in [3.05, 3.63) is 72.6 Å². The second-order valence-corrected chi connectivity index (χ2v) is 5.40. The summed E-state index contributed by atoms with van der Waals surface area (Å²) in [5.74, 6) is 2.20. The van der Waals surface area contributed by atoms with E-state index in [0.29, 0.717) is 5.88 Å². The summed E-state index contributed by atoms with van der Waals surface area (Å²) in [5.41, 5.74) is 1.21. The number of nitrogens with zero attached hydrogens (tertiary/aromatic N) is 3. The van der Waals surface area contributed by atoms with Crippen LogP contribution in [0.15, 0.2) is 65.7 Å². The number of hydrogen-bond acceptors (Lipinski definition) is 5. The molecule has 3 aromatic rings. The highest BCUT2D eigenvalue weighted by Crippen LogP contribution is 2.23. The van der Waals surface area contributed by atoms with Crippen molar-refractivity contribution in [2.24, 2.45) is 0 Å². The molecule has 0 amide bonds. The van der Waals surface area contributed by atoms with Gasteiger partial charge >= 0.3 is 0 Å². The molecule has 0 aliphatic carbocycles. The van der Waals surface area contributed by atoms with Gasteiger partial charge in [-0.2, -0.15) is 0 Å². The summed E-state index contributed by atoms with van der Waals surface area (Å²) >= 11 is 0. The maximum Gasteiger partial charge on any atom is 0.237 e. The van der Waals surface area contributed by atoms with Gasteiger partial charge in [0, 0.05) is 18.9 Å². The zero-order valence-corrected chi connectivity index (χ0v) is 13.2. The van der Waals surface area contributed by atoms with Crippen molar-refractivity contribution in [1.82, 2.24) is 14.9 Å². The number of benzene rings is 1. The predicted octanol–water partition coefficient (Wildman–Crippen LogP) is 4.05. The van der Waals surface area contributed by atoms with Crippen LogP contribution in [-0.2, 0) is 6.54 Å². The Morgan fingerprint density at radius 3 is 2.65 bits per heavy atom. The molecular formula is C18H19N3O2. The van der Waals surface area contributed by atoms with E-state index in [0.717, 1.165) is 18.1 Å². The molecule has 1 atom stereocenters. The zero-order valence-electron chi connectivity index (χ0n) is 13.2. The van der Waals surface area contributed by atoms with Crippen LogP contribution in [0.1, 0.15) is 24.3 Å². The van der Waals surface area contributed by atoms with E-state index in [1.807, 2.05) is 24.3 Å². The van der Waals surface area contributed by atoms with Gasteiger partial charge in [0.25, 0.3) is 0 Å². The lowest BCUT2D eigenvalue weighted by Gasteiger charge is -2.23. The quantitative estimate of drug-likeness (QED) is 0.687. The van der Waals surface area contributed by atoms with Crippen molar-refractivity contribution in [3.8, 4) is 11.6 Å². The van der Waals surface area contributed by atoms with Crippen LogP contribution in [0.3, 0.4) is 0 Å². The standard InChI is InChI=1S/C18H19N3O2/c1-14(17-4-3-11-22-17)21(2)13-15-5-7-16(8-6-15)23-18-12-19-9-10-20-18/h3-12,14H,13H2,1-2H3/t14-/m0/s1. The Kier molecular flexibility index (Phi) is 4.68. The Balaban J connectivity index is 1.61. The molecule has 0 bridgehead atoms. The van der Waals surface area contributed by atoms with Gasteiger partial charge in [0.2, 0.25) is 5.88 Å². The Labute approximate surface area is 135 Å². The Morgan fingerprint density at radius 1 is 1.17 bits per heavy atom. The molecule has 2 aromatic heterocycles. The minimum atomic E-state index is 0.223. The van der Waals surface area contributed by atoms with Crippen molar-refractivity contribution < 1.29 is 9.15 Å². The summed E-state index contributed by atoms with van der Waals surface area (Å²) in [5, 5.41) is 0. The molecule has 0 aliphatic heterocycles. The van der Waals surface area contributed by atoms with Crippen molar-refractivity contribution in [1.29, 1.82) is 0 Å². The summed E-state index contributed by atoms with van der Waals surface area (Å²) in [6, 6.07) is 12.1. The molecule has 0 saturated heterocycles. The van der Waals surface area contributed by atoms with Gasteiger partial charge in [-0.1, -0.05) is 12.1 Å². The minimum absolute atomic E-state index is 0.223. The van der Waals surface area contributed by atoms with E-state index < -0.39 is 0 Å². The fraction of sp³-hybridized carbons (Fsp3) is 0.222. The summed E-state index contributed by atoms with van der Waals surface area (Å²) < 4.78 is 11.1. The zero-order chi connectivity index (χ0) is 16.1. The first-order valence-corrected chi connectivity index (χ1v) is 7.49. The number of rotatable bonds is 6. The third kappa shape index (κ3) is 3.96. The number of furan rings is 1. The van der Waals surface area contributed by atoms with Crippen LogP contribution in [0.4, 0.5) is 0 Å². The smallest absolute Gasteiger partial charge is 0.237 e. The van der Waals surface area contributed by atoms with Gasteiger partial charge in [-0.15, -0.1) is 0 Å². The van der Waals surface area contributed by atoms with E-state index in [9.17, 15) is 0 Å². The van der Waals surface area contributed by atoms with Crippen LogP contribution in [-0.4, -0.2) is 21.9 Å². The first-order chi connectivity index (χ1) is 11.2. The highest BCUT2D eigenvalue weighted by molar-refractivity contribution is 5.30. The third-order valence-corrected chi connectivity index (χ3v) is 3.73. The van der Waals surface area contributed by atoms with E-state index in [1.165, 1.54) is 5.56 Å². The normalized spacial score (nSPS) is 12.3. The van der Waals surface area contributed by atoms with Gasteiger partial charge < -0.3 is 9.15 Å². The summed E-state index contributed by atoms with van der Waals surface area (Å²) in [7, 11) is 2.08. The molecule has 0 spiro atoms. The number of hydrogen-bond donors (Lipinski definition) is 0. The molecule has 0 fully saturated rings. The molecule has 0 unspecified atom stereocenters.